The lowest BCUT2D eigenvalue weighted by Crippen LogP contribution is -2.48. The van der Waals surface area contributed by atoms with Crippen molar-refractivity contribution in [1.29, 1.82) is 0 Å². The molecular weight excluding hydrogens is 424 g/mol. The third kappa shape index (κ3) is 6.50. The van der Waals surface area contributed by atoms with Crippen molar-refractivity contribution < 1.29 is 24.2 Å². The van der Waals surface area contributed by atoms with Crippen LogP contribution in [0.5, 0.6) is 11.5 Å². The molecule has 166 valence electrons. The van der Waals surface area contributed by atoms with Gasteiger partial charge in [0.25, 0.3) is 0 Å². The van der Waals surface area contributed by atoms with E-state index in [1.165, 1.54) is 24.9 Å². The number of methoxy groups -OCH3 is 1. The molecule has 0 saturated heterocycles. The molecule has 1 atom stereocenters. The molecule has 0 bridgehead atoms. The van der Waals surface area contributed by atoms with Crippen molar-refractivity contribution in [1.82, 2.24) is 10.6 Å². The van der Waals surface area contributed by atoms with Crippen molar-refractivity contribution in [3.63, 3.8) is 0 Å². The lowest BCUT2D eigenvalue weighted by molar-refractivity contribution is -0.122. The fourth-order valence-corrected chi connectivity index (χ4v) is 4.53. The molecule has 0 spiro atoms. The van der Waals surface area contributed by atoms with Crippen LogP contribution in [0, 0.1) is 6.92 Å². The van der Waals surface area contributed by atoms with Crippen LogP contribution in [0.1, 0.15) is 54.1 Å². The van der Waals surface area contributed by atoms with E-state index in [0.29, 0.717) is 58.3 Å². The summed E-state index contributed by atoms with van der Waals surface area (Å²) in [6, 6.07) is 1.03. The molecule has 0 aromatic heterocycles. The van der Waals surface area contributed by atoms with Crippen LogP contribution in [-0.4, -0.2) is 54.0 Å². The highest BCUT2D eigenvalue weighted by Gasteiger charge is 2.25. The maximum absolute atomic E-state index is 12.8. The van der Waals surface area contributed by atoms with E-state index in [0.717, 1.165) is 12.8 Å². The largest absolute Gasteiger partial charge is 0.507 e. The van der Waals surface area contributed by atoms with Gasteiger partial charge in [-0.1, -0.05) is 19.1 Å². The van der Waals surface area contributed by atoms with Crippen LogP contribution in [0.4, 0.5) is 0 Å². The van der Waals surface area contributed by atoms with Gasteiger partial charge in [-0.3, -0.25) is 4.79 Å². The highest BCUT2D eigenvalue weighted by atomic mass is 32.2. The third-order valence-corrected chi connectivity index (χ3v) is 6.19. The molecule has 1 aliphatic rings. The molecule has 1 heterocycles. The first kappa shape index (κ1) is 24.3. The van der Waals surface area contributed by atoms with Crippen LogP contribution in [0.2, 0.25) is 0 Å². The Labute approximate surface area is 187 Å². The number of ether oxygens (including phenoxy) is 2. The zero-order valence-electron chi connectivity index (χ0n) is 17.7. The molecule has 1 aromatic rings. The zero-order valence-corrected chi connectivity index (χ0v) is 19.3. The predicted molar refractivity (Wildman–Crippen MR) is 123 cm³/mol. The van der Waals surface area contributed by atoms with Gasteiger partial charge in [0.05, 0.1) is 24.3 Å². The molecule has 0 radical (unpaired) electrons. The minimum atomic E-state index is -0.479. The summed E-state index contributed by atoms with van der Waals surface area (Å²) in [4.78, 5) is 26.0. The Kier molecular flexibility index (Phi) is 9.71. The Bertz CT molecular complexity index is 785. The summed E-state index contributed by atoms with van der Waals surface area (Å²) in [6.07, 6.45) is 2.87. The number of hydrogen-bond donors (Lipinski definition) is 3. The van der Waals surface area contributed by atoms with Crippen molar-refractivity contribution in [2.24, 2.45) is 0 Å². The van der Waals surface area contributed by atoms with Gasteiger partial charge < -0.3 is 25.2 Å². The number of carbonyl (C=O) groups is 2. The Morgan fingerprint density at radius 2 is 2.23 bits per heavy atom. The summed E-state index contributed by atoms with van der Waals surface area (Å²) in [5.74, 6) is 0.598. The first-order valence-corrected chi connectivity index (χ1v) is 11.7. The summed E-state index contributed by atoms with van der Waals surface area (Å²) in [7, 11) is 1.49. The lowest BCUT2D eigenvalue weighted by atomic mass is 10.0. The number of benzene rings is 1. The van der Waals surface area contributed by atoms with E-state index in [9.17, 15) is 14.7 Å². The van der Waals surface area contributed by atoms with Gasteiger partial charge in [-0.15, -0.1) is 0 Å². The molecule has 2 rings (SSSR count). The highest BCUT2D eigenvalue weighted by Crippen LogP contribution is 2.35. The smallest absolute Gasteiger partial charge is 0.338 e. The minimum absolute atomic E-state index is 0.0283. The van der Waals surface area contributed by atoms with Crippen LogP contribution < -0.4 is 15.4 Å². The summed E-state index contributed by atoms with van der Waals surface area (Å²) >= 11 is 6.84. The molecule has 0 fully saturated rings. The molecule has 9 heteroatoms. The number of aromatic hydroxyl groups is 1. The zero-order chi connectivity index (χ0) is 22.1. The van der Waals surface area contributed by atoms with Crippen molar-refractivity contribution >= 4 is 40.8 Å². The Morgan fingerprint density at radius 1 is 1.47 bits per heavy atom. The topological polar surface area (TPSA) is 96.9 Å². The number of amides is 1. The quantitative estimate of drug-likeness (QED) is 0.472. The number of phenolic OH excluding ortho intramolecular Hbond substituents is 1. The normalized spacial score (nSPS) is 18.4. The van der Waals surface area contributed by atoms with Crippen molar-refractivity contribution in [3.8, 4) is 11.5 Å². The van der Waals surface area contributed by atoms with E-state index in [1.54, 1.807) is 6.92 Å². The molecule has 0 aliphatic carbocycles. The second-order valence-electron chi connectivity index (χ2n) is 7.10. The number of rotatable bonds is 4. The number of fused-ring (bicyclic) bond motifs is 1. The van der Waals surface area contributed by atoms with E-state index in [4.69, 9.17) is 21.7 Å². The molecular formula is C21H30N2O5S2. The summed E-state index contributed by atoms with van der Waals surface area (Å²) in [6.45, 7) is 4.62. The van der Waals surface area contributed by atoms with E-state index in [2.05, 4.69) is 10.6 Å². The molecule has 1 amide bonds. The number of thiocarbonyl (C=S) groups is 1. The van der Waals surface area contributed by atoms with Crippen LogP contribution in [0.25, 0.3) is 0 Å². The van der Waals surface area contributed by atoms with Gasteiger partial charge >= 0.3 is 5.97 Å². The van der Waals surface area contributed by atoms with Gasteiger partial charge in [-0.25, -0.2) is 4.79 Å². The first-order valence-electron chi connectivity index (χ1n) is 10.1. The Morgan fingerprint density at radius 3 is 2.93 bits per heavy atom. The molecule has 0 saturated carbocycles. The van der Waals surface area contributed by atoms with Crippen LogP contribution >= 0.6 is 24.0 Å². The monoisotopic (exact) mass is 454 g/mol. The van der Waals surface area contributed by atoms with Gasteiger partial charge in [0.15, 0.2) is 0 Å². The van der Waals surface area contributed by atoms with Crippen LogP contribution in [0.3, 0.4) is 0 Å². The summed E-state index contributed by atoms with van der Waals surface area (Å²) in [5.41, 5.74) is 1.43. The highest BCUT2D eigenvalue weighted by molar-refractivity contribution is 7.98. The summed E-state index contributed by atoms with van der Waals surface area (Å²) in [5, 5.41) is 16.6. The average molecular weight is 455 g/mol. The van der Waals surface area contributed by atoms with E-state index in [1.807, 2.05) is 6.92 Å². The maximum atomic E-state index is 12.8. The number of nitrogens with one attached hydrogen (secondary N) is 2. The number of thioether (sulfide) groups is 1. The first-order chi connectivity index (χ1) is 14.4. The maximum Gasteiger partial charge on any atom is 0.338 e. The second-order valence-corrected chi connectivity index (χ2v) is 8.62. The van der Waals surface area contributed by atoms with Crippen molar-refractivity contribution in [2.75, 3.05) is 26.0 Å². The fraction of sp³-hybridized carbons (Fsp3) is 0.571. The van der Waals surface area contributed by atoms with Gasteiger partial charge in [0.2, 0.25) is 5.91 Å². The molecule has 7 nitrogen and oxygen atoms in total. The van der Waals surface area contributed by atoms with E-state index >= 15 is 0 Å². The van der Waals surface area contributed by atoms with E-state index in [-0.39, 0.29) is 18.3 Å². The van der Waals surface area contributed by atoms with E-state index < -0.39 is 12.0 Å². The number of phenols is 1. The van der Waals surface area contributed by atoms with Gasteiger partial charge in [-0.2, -0.15) is 11.8 Å². The lowest BCUT2D eigenvalue weighted by Gasteiger charge is -2.21. The SMILES string of the molecule is CCCNC(=O)[C@@H]1CSCc2c(O)cc(OC)c(C)c2C(=O)OCCCCC(=S)N1. The number of hydrogen-bond acceptors (Lipinski definition) is 7. The number of cyclic esters (lactones) is 1. The Hall–Kier alpha value is -2.00. The van der Waals surface area contributed by atoms with Crippen LogP contribution in [0.15, 0.2) is 6.07 Å². The molecule has 3 N–H and O–H groups in total. The molecule has 1 aliphatic heterocycles. The van der Waals surface area contributed by atoms with Gasteiger partial charge in [0.1, 0.15) is 17.5 Å². The van der Waals surface area contributed by atoms with Gasteiger partial charge in [-0.05, 0) is 32.6 Å². The summed E-state index contributed by atoms with van der Waals surface area (Å²) < 4.78 is 10.7. The second kappa shape index (κ2) is 12.0. The Balaban J connectivity index is 2.31. The van der Waals surface area contributed by atoms with Crippen molar-refractivity contribution in [2.45, 2.75) is 51.3 Å². The average Bonchev–Trinajstić information content (AvgIpc) is 2.72. The predicted octanol–water partition coefficient (Wildman–Crippen LogP) is 3.09. The fourth-order valence-electron chi connectivity index (χ4n) is 3.16. The molecule has 0 unspecified atom stereocenters. The number of esters is 1. The third-order valence-electron chi connectivity index (χ3n) is 4.81. The van der Waals surface area contributed by atoms with Crippen molar-refractivity contribution in [3.05, 3.63) is 22.8 Å². The standard InChI is InChI=1S/C21H30N2O5S2/c1-4-8-22-20(25)15-12-30-11-14-16(24)10-17(27-3)13(2)19(14)21(26)28-9-6-5-7-18(29)23-15/h10,15,24H,4-9,11-12H2,1-3H3,(H,22,25)(H,23,29)/t15-/m0/s1. The minimum Gasteiger partial charge on any atom is -0.507 e. The molecule has 1 aromatic carbocycles. The molecule has 30 heavy (non-hydrogen) atoms. The van der Waals surface area contributed by atoms with Crippen LogP contribution in [-0.2, 0) is 15.3 Å². The van der Waals surface area contributed by atoms with Gasteiger partial charge in [0, 0.05) is 35.2 Å². The number of carbonyl (C=O) groups excluding carboxylic acids is 2.